The Bertz CT molecular complexity index is 504. The number of hydrogen-bond donors (Lipinski definition) is 2. The van der Waals surface area contributed by atoms with Gasteiger partial charge in [0.05, 0.1) is 17.3 Å². The molecule has 0 spiro atoms. The maximum Gasteiger partial charge on any atom is 0.273 e. The van der Waals surface area contributed by atoms with Gasteiger partial charge in [0.15, 0.2) is 5.69 Å². The number of amides is 1. The smallest absolute Gasteiger partial charge is 0.273 e. The SMILES string of the molecule is COCC1(CNC(=O)c2nn(C)c(C)c2Cl)CCNCC1. The number of methoxy groups -OCH3 is 1. The number of aromatic nitrogens is 2. The van der Waals surface area contributed by atoms with Crippen LogP contribution in [0.15, 0.2) is 0 Å². The van der Waals surface area contributed by atoms with Gasteiger partial charge < -0.3 is 15.4 Å². The molecule has 1 aliphatic heterocycles. The summed E-state index contributed by atoms with van der Waals surface area (Å²) in [5.41, 5.74) is 1.07. The molecule has 0 bridgehead atoms. The maximum absolute atomic E-state index is 12.3. The molecular weight excluding hydrogens is 292 g/mol. The molecule has 1 aromatic heterocycles. The zero-order valence-corrected chi connectivity index (χ0v) is 13.6. The number of nitrogens with one attached hydrogen (secondary N) is 2. The largest absolute Gasteiger partial charge is 0.384 e. The number of ether oxygens (including phenoxy) is 1. The van der Waals surface area contributed by atoms with Crippen LogP contribution in [-0.2, 0) is 11.8 Å². The first-order valence-electron chi connectivity index (χ1n) is 7.16. The molecule has 2 heterocycles. The van der Waals surface area contributed by atoms with Gasteiger partial charge in [0.25, 0.3) is 5.91 Å². The van der Waals surface area contributed by atoms with Crippen molar-refractivity contribution >= 4 is 17.5 Å². The average Bonchev–Trinajstić information content (AvgIpc) is 2.74. The van der Waals surface area contributed by atoms with E-state index in [4.69, 9.17) is 16.3 Å². The van der Waals surface area contributed by atoms with Crippen LogP contribution in [0.5, 0.6) is 0 Å². The van der Waals surface area contributed by atoms with Gasteiger partial charge in [-0.2, -0.15) is 5.10 Å². The summed E-state index contributed by atoms with van der Waals surface area (Å²) >= 11 is 6.15. The van der Waals surface area contributed by atoms with Gasteiger partial charge in [-0.1, -0.05) is 11.6 Å². The summed E-state index contributed by atoms with van der Waals surface area (Å²) in [5.74, 6) is -0.224. The highest BCUT2D eigenvalue weighted by molar-refractivity contribution is 6.34. The van der Waals surface area contributed by atoms with Crippen LogP contribution in [0.2, 0.25) is 5.02 Å². The van der Waals surface area contributed by atoms with Crippen molar-refractivity contribution in [2.75, 3.05) is 33.4 Å². The summed E-state index contributed by atoms with van der Waals surface area (Å²) in [4.78, 5) is 12.3. The highest BCUT2D eigenvalue weighted by Crippen LogP contribution is 2.28. The molecule has 118 valence electrons. The van der Waals surface area contributed by atoms with Crippen molar-refractivity contribution in [2.45, 2.75) is 19.8 Å². The molecule has 0 unspecified atom stereocenters. The molecule has 21 heavy (non-hydrogen) atoms. The van der Waals surface area contributed by atoms with Gasteiger partial charge in [-0.15, -0.1) is 0 Å². The molecule has 1 saturated heterocycles. The molecule has 2 rings (SSSR count). The fraction of sp³-hybridized carbons (Fsp3) is 0.714. The van der Waals surface area contributed by atoms with Crippen LogP contribution in [0.3, 0.4) is 0 Å². The van der Waals surface area contributed by atoms with Crippen LogP contribution in [0, 0.1) is 12.3 Å². The van der Waals surface area contributed by atoms with E-state index in [0.29, 0.717) is 18.2 Å². The number of aryl methyl sites for hydroxylation is 1. The van der Waals surface area contributed by atoms with Crippen molar-refractivity contribution in [3.05, 3.63) is 16.4 Å². The second-order valence-electron chi connectivity index (χ2n) is 5.74. The van der Waals surface area contributed by atoms with E-state index in [0.717, 1.165) is 31.6 Å². The van der Waals surface area contributed by atoms with Gasteiger partial charge in [-0.05, 0) is 32.9 Å². The van der Waals surface area contributed by atoms with Crippen molar-refractivity contribution in [2.24, 2.45) is 12.5 Å². The summed E-state index contributed by atoms with van der Waals surface area (Å²) in [6.07, 6.45) is 1.96. The molecule has 1 fully saturated rings. The Labute approximate surface area is 130 Å². The molecule has 0 radical (unpaired) electrons. The predicted octanol–water partition coefficient (Wildman–Crippen LogP) is 1.13. The monoisotopic (exact) mass is 314 g/mol. The first-order chi connectivity index (χ1) is 9.99. The highest BCUT2D eigenvalue weighted by atomic mass is 35.5. The quantitative estimate of drug-likeness (QED) is 0.855. The first kappa shape index (κ1) is 16.3. The van der Waals surface area contributed by atoms with Crippen LogP contribution >= 0.6 is 11.6 Å². The third kappa shape index (κ3) is 3.56. The van der Waals surface area contributed by atoms with Crippen molar-refractivity contribution in [3.8, 4) is 0 Å². The normalized spacial score (nSPS) is 17.7. The van der Waals surface area contributed by atoms with Crippen LogP contribution in [0.25, 0.3) is 0 Å². The second-order valence-corrected chi connectivity index (χ2v) is 6.12. The fourth-order valence-corrected chi connectivity index (χ4v) is 2.96. The summed E-state index contributed by atoms with van der Waals surface area (Å²) in [6, 6.07) is 0. The van der Waals surface area contributed by atoms with Gasteiger partial charge in [0.2, 0.25) is 0 Å². The molecule has 1 aliphatic rings. The van der Waals surface area contributed by atoms with E-state index < -0.39 is 0 Å². The molecule has 6 nitrogen and oxygen atoms in total. The minimum Gasteiger partial charge on any atom is -0.384 e. The van der Waals surface area contributed by atoms with Crippen LogP contribution in [0.4, 0.5) is 0 Å². The van der Waals surface area contributed by atoms with Crippen LogP contribution in [-0.4, -0.2) is 49.0 Å². The Balaban J connectivity index is 2.03. The molecule has 2 N–H and O–H groups in total. The van der Waals surface area contributed by atoms with E-state index in [1.54, 1.807) is 18.8 Å². The molecule has 1 amide bonds. The minimum absolute atomic E-state index is 0.00798. The standard InChI is InChI=1S/C14H23ClN4O2/c1-10-11(15)12(18-19(10)2)13(20)17-8-14(9-21-3)4-6-16-7-5-14/h16H,4-9H2,1-3H3,(H,17,20). The van der Waals surface area contributed by atoms with E-state index in [2.05, 4.69) is 15.7 Å². The second kappa shape index (κ2) is 6.77. The van der Waals surface area contributed by atoms with E-state index in [-0.39, 0.29) is 17.0 Å². The van der Waals surface area contributed by atoms with E-state index in [1.807, 2.05) is 6.92 Å². The number of carbonyl (C=O) groups excluding carboxylic acids is 1. The number of halogens is 1. The maximum atomic E-state index is 12.3. The fourth-order valence-electron chi connectivity index (χ4n) is 2.71. The molecule has 7 heteroatoms. The molecule has 0 aromatic carbocycles. The molecule has 0 aliphatic carbocycles. The molecule has 1 aromatic rings. The van der Waals surface area contributed by atoms with E-state index in [1.165, 1.54) is 0 Å². The third-order valence-electron chi connectivity index (χ3n) is 4.21. The van der Waals surface area contributed by atoms with Gasteiger partial charge >= 0.3 is 0 Å². The Kier molecular flexibility index (Phi) is 5.24. The summed E-state index contributed by atoms with van der Waals surface area (Å²) in [5, 5.41) is 10.9. The Morgan fingerprint density at radius 1 is 1.52 bits per heavy atom. The topological polar surface area (TPSA) is 68.2 Å². The Hall–Kier alpha value is -1.11. The lowest BCUT2D eigenvalue weighted by molar-refractivity contribution is 0.0510. The van der Waals surface area contributed by atoms with E-state index >= 15 is 0 Å². The minimum atomic E-state index is -0.224. The zero-order valence-electron chi connectivity index (χ0n) is 12.8. The molecule has 0 saturated carbocycles. The van der Waals surface area contributed by atoms with Gasteiger partial charge in [-0.25, -0.2) is 0 Å². The Morgan fingerprint density at radius 3 is 2.71 bits per heavy atom. The number of hydrogen-bond acceptors (Lipinski definition) is 4. The summed E-state index contributed by atoms with van der Waals surface area (Å²) in [7, 11) is 3.47. The van der Waals surface area contributed by atoms with Crippen molar-refractivity contribution < 1.29 is 9.53 Å². The van der Waals surface area contributed by atoms with Crippen molar-refractivity contribution in [3.63, 3.8) is 0 Å². The highest BCUT2D eigenvalue weighted by Gasteiger charge is 2.33. The third-order valence-corrected chi connectivity index (χ3v) is 4.67. The number of carbonyl (C=O) groups is 1. The van der Waals surface area contributed by atoms with Gasteiger partial charge in [-0.3, -0.25) is 9.48 Å². The lowest BCUT2D eigenvalue weighted by Gasteiger charge is -2.37. The van der Waals surface area contributed by atoms with Gasteiger partial charge in [0, 0.05) is 26.1 Å². The summed E-state index contributed by atoms with van der Waals surface area (Å²) in [6.45, 7) is 4.95. The van der Waals surface area contributed by atoms with Crippen LogP contribution < -0.4 is 10.6 Å². The van der Waals surface area contributed by atoms with Crippen LogP contribution in [0.1, 0.15) is 29.0 Å². The lowest BCUT2D eigenvalue weighted by Crippen LogP contribution is -2.47. The summed E-state index contributed by atoms with van der Waals surface area (Å²) < 4.78 is 6.96. The predicted molar refractivity (Wildman–Crippen MR) is 81.7 cm³/mol. The zero-order chi connectivity index (χ0) is 15.5. The number of rotatable bonds is 5. The van der Waals surface area contributed by atoms with Gasteiger partial charge in [0.1, 0.15) is 0 Å². The Morgan fingerprint density at radius 2 is 2.19 bits per heavy atom. The number of piperidine rings is 1. The molecular formula is C14H23ClN4O2. The van der Waals surface area contributed by atoms with E-state index in [9.17, 15) is 4.79 Å². The first-order valence-corrected chi connectivity index (χ1v) is 7.54. The average molecular weight is 315 g/mol. The lowest BCUT2D eigenvalue weighted by atomic mass is 9.79. The molecule has 0 atom stereocenters. The van der Waals surface area contributed by atoms with Crippen molar-refractivity contribution in [1.82, 2.24) is 20.4 Å². The number of nitrogens with zero attached hydrogens (tertiary/aromatic N) is 2. The van der Waals surface area contributed by atoms with Crippen molar-refractivity contribution in [1.29, 1.82) is 0 Å².